The van der Waals surface area contributed by atoms with Gasteiger partial charge in [0, 0.05) is 22.9 Å². The van der Waals surface area contributed by atoms with Gasteiger partial charge >= 0.3 is 0 Å². The molecule has 0 atom stereocenters. The van der Waals surface area contributed by atoms with E-state index in [-0.39, 0.29) is 11.1 Å². The number of para-hydroxylation sites is 1. The highest BCUT2D eigenvalue weighted by molar-refractivity contribution is 7.98. The molecule has 0 aliphatic heterocycles. The smallest absolute Gasteiger partial charge is 0.267 e. The first-order valence-corrected chi connectivity index (χ1v) is 13.0. The summed E-state index contributed by atoms with van der Waals surface area (Å²) in [5.41, 5.74) is 3.48. The molecule has 11 heteroatoms. The summed E-state index contributed by atoms with van der Waals surface area (Å²) in [5, 5.41) is 11.9. The average molecular weight is 517 g/mol. The number of nitrogens with zero attached hydrogens (tertiary/aromatic N) is 6. The summed E-state index contributed by atoms with van der Waals surface area (Å²) in [6.45, 7) is 3.84. The topological polar surface area (TPSA) is 95.8 Å². The largest absolute Gasteiger partial charge is 0.495 e. The second kappa shape index (κ2) is 8.61. The van der Waals surface area contributed by atoms with Gasteiger partial charge in [-0.15, -0.1) is 21.5 Å². The van der Waals surface area contributed by atoms with Crippen molar-refractivity contribution < 1.29 is 4.74 Å². The van der Waals surface area contributed by atoms with E-state index < -0.39 is 0 Å². The van der Waals surface area contributed by atoms with Gasteiger partial charge in [-0.1, -0.05) is 30.0 Å². The fraction of sp³-hybridized carbons (Fsp3) is 0.160. The van der Waals surface area contributed by atoms with E-state index in [1.54, 1.807) is 23.6 Å². The fourth-order valence-electron chi connectivity index (χ4n) is 4.28. The standard InChI is InChI=1S/C25H20N6O3S2/c1-14-8-9-20(34-3)19(10-14)30-22(33)17-6-4-5-7-18(17)31-23(30)27-28-25(31)36-13-16-11-21(32)29-15(2)12-35-24(29)26-16/h4-12H,13H2,1-3H3. The van der Waals surface area contributed by atoms with Gasteiger partial charge in [0.1, 0.15) is 5.75 Å². The maximum atomic E-state index is 13.6. The molecule has 0 aliphatic carbocycles. The van der Waals surface area contributed by atoms with Gasteiger partial charge in [0.05, 0.1) is 29.4 Å². The zero-order chi connectivity index (χ0) is 25.0. The zero-order valence-corrected chi connectivity index (χ0v) is 21.3. The Kier molecular flexibility index (Phi) is 5.38. The molecular formula is C25H20N6O3S2. The fourth-order valence-corrected chi connectivity index (χ4v) is 6.00. The van der Waals surface area contributed by atoms with Crippen molar-refractivity contribution in [3.05, 3.63) is 91.6 Å². The molecule has 0 bridgehead atoms. The van der Waals surface area contributed by atoms with Gasteiger partial charge in [-0.2, -0.15) is 0 Å². The van der Waals surface area contributed by atoms with Crippen LogP contribution in [0.25, 0.3) is 27.3 Å². The van der Waals surface area contributed by atoms with E-state index in [0.29, 0.717) is 49.7 Å². The number of benzene rings is 2. The number of fused-ring (bicyclic) bond motifs is 4. The first-order valence-electron chi connectivity index (χ1n) is 11.1. The number of aryl methyl sites for hydroxylation is 2. The maximum absolute atomic E-state index is 13.6. The lowest BCUT2D eigenvalue weighted by molar-refractivity contribution is 0.412. The minimum Gasteiger partial charge on any atom is -0.495 e. The predicted octanol–water partition coefficient (Wildman–Crippen LogP) is 4.02. The number of hydrogen-bond donors (Lipinski definition) is 0. The van der Waals surface area contributed by atoms with Crippen LogP contribution in [0.1, 0.15) is 17.0 Å². The summed E-state index contributed by atoms with van der Waals surface area (Å²) in [7, 11) is 1.57. The first kappa shape index (κ1) is 22.5. The first-order chi connectivity index (χ1) is 17.5. The van der Waals surface area contributed by atoms with Gasteiger partial charge in [-0.05, 0) is 43.7 Å². The van der Waals surface area contributed by atoms with Gasteiger partial charge in [0.15, 0.2) is 10.1 Å². The van der Waals surface area contributed by atoms with Crippen LogP contribution in [-0.2, 0) is 5.75 Å². The molecule has 0 aliphatic rings. The highest BCUT2D eigenvalue weighted by Gasteiger charge is 2.20. The van der Waals surface area contributed by atoms with Crippen molar-refractivity contribution in [2.24, 2.45) is 0 Å². The monoisotopic (exact) mass is 516 g/mol. The lowest BCUT2D eigenvalue weighted by Gasteiger charge is -2.14. The summed E-state index contributed by atoms with van der Waals surface area (Å²) in [6.07, 6.45) is 0. The normalized spacial score (nSPS) is 11.6. The molecule has 0 unspecified atom stereocenters. The highest BCUT2D eigenvalue weighted by atomic mass is 32.2. The molecular weight excluding hydrogens is 496 g/mol. The molecule has 0 spiro atoms. The van der Waals surface area contributed by atoms with Gasteiger partial charge in [0.2, 0.25) is 5.78 Å². The van der Waals surface area contributed by atoms with Crippen LogP contribution in [-0.4, -0.2) is 35.7 Å². The minimum absolute atomic E-state index is 0.105. The Balaban J connectivity index is 1.53. The van der Waals surface area contributed by atoms with E-state index in [9.17, 15) is 9.59 Å². The molecule has 0 saturated heterocycles. The Morgan fingerprint density at radius 1 is 1.03 bits per heavy atom. The molecule has 180 valence electrons. The predicted molar refractivity (Wildman–Crippen MR) is 141 cm³/mol. The zero-order valence-electron chi connectivity index (χ0n) is 19.6. The molecule has 0 amide bonds. The summed E-state index contributed by atoms with van der Waals surface area (Å²) >= 11 is 2.84. The number of ether oxygens (including phenoxy) is 1. The molecule has 4 heterocycles. The van der Waals surface area contributed by atoms with Crippen LogP contribution in [0.4, 0.5) is 0 Å². The second-order valence-corrected chi connectivity index (χ2v) is 10.1. The number of hydrogen-bond acceptors (Lipinski definition) is 8. The van der Waals surface area contributed by atoms with E-state index in [0.717, 1.165) is 11.3 Å². The molecule has 36 heavy (non-hydrogen) atoms. The van der Waals surface area contributed by atoms with Crippen LogP contribution >= 0.6 is 23.1 Å². The quantitative estimate of drug-likeness (QED) is 0.319. The SMILES string of the molecule is COc1ccc(C)cc1-n1c(=O)c2ccccc2n2c(SCc3cc(=O)n4c(C)csc4n3)nnc12. The molecule has 0 fully saturated rings. The van der Waals surface area contributed by atoms with Crippen LogP contribution in [0.2, 0.25) is 0 Å². The Hall–Kier alpha value is -3.96. The number of thioether (sulfide) groups is 1. The van der Waals surface area contributed by atoms with Crippen molar-refractivity contribution in [1.29, 1.82) is 0 Å². The Bertz CT molecular complexity index is 1920. The Labute approximate surface area is 212 Å². The van der Waals surface area contributed by atoms with Gasteiger partial charge < -0.3 is 4.74 Å². The minimum atomic E-state index is -0.209. The molecule has 2 aromatic carbocycles. The summed E-state index contributed by atoms with van der Waals surface area (Å²) in [4.78, 5) is 31.5. The Morgan fingerprint density at radius 3 is 2.69 bits per heavy atom. The van der Waals surface area contributed by atoms with Crippen LogP contribution in [0.15, 0.2) is 68.7 Å². The molecule has 9 nitrogen and oxygen atoms in total. The van der Waals surface area contributed by atoms with E-state index >= 15 is 0 Å². The highest BCUT2D eigenvalue weighted by Crippen LogP contribution is 2.29. The molecule has 6 aromatic rings. The van der Waals surface area contributed by atoms with E-state index in [2.05, 4.69) is 15.2 Å². The third-order valence-electron chi connectivity index (χ3n) is 5.95. The van der Waals surface area contributed by atoms with Crippen molar-refractivity contribution >= 4 is 44.7 Å². The molecule has 4 aromatic heterocycles. The molecule has 0 saturated carbocycles. The third-order valence-corrected chi connectivity index (χ3v) is 7.85. The van der Waals surface area contributed by atoms with Crippen LogP contribution in [0, 0.1) is 13.8 Å². The summed E-state index contributed by atoms with van der Waals surface area (Å²) in [5.74, 6) is 1.36. The van der Waals surface area contributed by atoms with Crippen LogP contribution < -0.4 is 15.9 Å². The number of aromatic nitrogens is 6. The van der Waals surface area contributed by atoms with Crippen molar-refractivity contribution in [2.75, 3.05) is 7.11 Å². The average Bonchev–Trinajstić information content (AvgIpc) is 3.47. The lowest BCUT2D eigenvalue weighted by atomic mass is 10.2. The van der Waals surface area contributed by atoms with Crippen molar-refractivity contribution in [1.82, 2.24) is 28.5 Å². The van der Waals surface area contributed by atoms with Gasteiger partial charge in [-0.25, -0.2) is 9.55 Å². The lowest BCUT2D eigenvalue weighted by Crippen LogP contribution is -2.22. The van der Waals surface area contributed by atoms with Crippen LogP contribution in [0.3, 0.4) is 0 Å². The van der Waals surface area contributed by atoms with Gasteiger partial charge in [-0.3, -0.25) is 18.4 Å². The van der Waals surface area contributed by atoms with Gasteiger partial charge in [0.25, 0.3) is 11.1 Å². The molecule has 0 N–H and O–H groups in total. The van der Waals surface area contributed by atoms with Crippen LogP contribution in [0.5, 0.6) is 5.75 Å². The summed E-state index contributed by atoms with van der Waals surface area (Å²) in [6, 6.07) is 14.6. The molecule has 6 rings (SSSR count). The summed E-state index contributed by atoms with van der Waals surface area (Å²) < 4.78 is 10.6. The van der Waals surface area contributed by atoms with Crippen molar-refractivity contribution in [3.63, 3.8) is 0 Å². The maximum Gasteiger partial charge on any atom is 0.267 e. The number of rotatable bonds is 5. The van der Waals surface area contributed by atoms with Crippen molar-refractivity contribution in [3.8, 4) is 11.4 Å². The number of methoxy groups -OCH3 is 1. The van der Waals surface area contributed by atoms with E-state index in [1.165, 1.54) is 27.7 Å². The molecule has 0 radical (unpaired) electrons. The third kappa shape index (κ3) is 3.50. The second-order valence-electron chi connectivity index (χ2n) is 8.32. The Morgan fingerprint density at radius 2 is 1.86 bits per heavy atom. The van der Waals surface area contributed by atoms with E-state index in [1.807, 2.05) is 60.0 Å². The van der Waals surface area contributed by atoms with Crippen molar-refractivity contribution in [2.45, 2.75) is 24.8 Å². The van der Waals surface area contributed by atoms with E-state index in [4.69, 9.17) is 4.74 Å². The number of thiazole rings is 1.